The van der Waals surface area contributed by atoms with Gasteiger partial charge < -0.3 is 10.1 Å². The predicted molar refractivity (Wildman–Crippen MR) is 81.3 cm³/mol. The van der Waals surface area contributed by atoms with E-state index >= 15 is 0 Å². The van der Waals surface area contributed by atoms with Gasteiger partial charge in [-0.05, 0) is 48.4 Å². The molecular formula is C17H25NO2. The second-order valence-corrected chi connectivity index (χ2v) is 6.81. The molecule has 3 heteroatoms. The van der Waals surface area contributed by atoms with Crippen molar-refractivity contribution in [2.45, 2.75) is 53.0 Å². The van der Waals surface area contributed by atoms with Gasteiger partial charge >= 0.3 is 0 Å². The second kappa shape index (κ2) is 5.86. The Hall–Kier alpha value is -1.51. The summed E-state index contributed by atoms with van der Waals surface area (Å²) >= 11 is 0. The molecule has 1 aliphatic heterocycles. The van der Waals surface area contributed by atoms with Crippen LogP contribution in [0.25, 0.3) is 0 Å². The number of amides is 1. The molecule has 1 amide bonds. The van der Waals surface area contributed by atoms with Crippen LogP contribution in [0, 0.1) is 5.41 Å². The van der Waals surface area contributed by atoms with Gasteiger partial charge in [-0.3, -0.25) is 4.79 Å². The summed E-state index contributed by atoms with van der Waals surface area (Å²) in [4.78, 5) is 12.2. The maximum atomic E-state index is 12.2. The Morgan fingerprint density at radius 2 is 2.10 bits per heavy atom. The second-order valence-electron chi connectivity index (χ2n) is 6.81. The minimum absolute atomic E-state index is 0.0440. The van der Waals surface area contributed by atoms with E-state index in [9.17, 15) is 4.79 Å². The molecule has 1 unspecified atom stereocenters. The highest BCUT2D eigenvalue weighted by Gasteiger charge is 2.27. The third-order valence-electron chi connectivity index (χ3n) is 3.45. The molecule has 1 heterocycles. The number of benzene rings is 1. The summed E-state index contributed by atoms with van der Waals surface area (Å²) < 4.78 is 5.66. The Balaban J connectivity index is 2.16. The summed E-state index contributed by atoms with van der Waals surface area (Å²) in [5.41, 5.74) is 2.11. The van der Waals surface area contributed by atoms with E-state index in [1.807, 2.05) is 18.2 Å². The first-order chi connectivity index (χ1) is 9.39. The van der Waals surface area contributed by atoms with Crippen molar-refractivity contribution in [3.63, 3.8) is 0 Å². The molecule has 1 N–H and O–H groups in total. The van der Waals surface area contributed by atoms with Crippen molar-refractivity contribution in [1.29, 1.82) is 0 Å². The lowest BCUT2D eigenvalue weighted by molar-refractivity contribution is 0.0913. The standard InChI is InChI=1S/C17H25NO2/c1-5-8-20-14-6-7-15-12(10-14)9-13(18-16(15)19)11-17(2,3)4/h6-7,10,13H,5,8-9,11H2,1-4H3,(H,18,19). The van der Waals surface area contributed by atoms with Crippen molar-refractivity contribution >= 4 is 5.91 Å². The molecule has 3 nitrogen and oxygen atoms in total. The first-order valence-corrected chi connectivity index (χ1v) is 7.45. The van der Waals surface area contributed by atoms with Gasteiger partial charge in [0.05, 0.1) is 6.61 Å². The molecule has 0 aromatic heterocycles. The number of hydrogen-bond acceptors (Lipinski definition) is 2. The lowest BCUT2D eigenvalue weighted by Gasteiger charge is -2.31. The lowest BCUT2D eigenvalue weighted by atomic mass is 9.83. The monoisotopic (exact) mass is 275 g/mol. The summed E-state index contributed by atoms with van der Waals surface area (Å²) in [5, 5.41) is 3.11. The molecule has 110 valence electrons. The smallest absolute Gasteiger partial charge is 0.251 e. The Labute approximate surface area is 121 Å². The summed E-state index contributed by atoms with van der Waals surface area (Å²) in [6.45, 7) is 9.42. The Morgan fingerprint density at radius 3 is 2.75 bits per heavy atom. The normalized spacial score (nSPS) is 18.4. The highest BCUT2D eigenvalue weighted by Crippen LogP contribution is 2.28. The summed E-state index contributed by atoms with van der Waals surface area (Å²) in [7, 11) is 0. The number of nitrogens with one attached hydrogen (secondary N) is 1. The quantitative estimate of drug-likeness (QED) is 0.912. The van der Waals surface area contributed by atoms with Crippen molar-refractivity contribution in [2.24, 2.45) is 5.41 Å². The zero-order valence-electron chi connectivity index (χ0n) is 13.0. The largest absolute Gasteiger partial charge is 0.494 e. The molecule has 1 aliphatic rings. The van der Waals surface area contributed by atoms with Crippen LogP contribution in [0.3, 0.4) is 0 Å². The van der Waals surface area contributed by atoms with E-state index in [0.29, 0.717) is 0 Å². The highest BCUT2D eigenvalue weighted by atomic mass is 16.5. The van der Waals surface area contributed by atoms with Gasteiger partial charge in [0.15, 0.2) is 0 Å². The van der Waals surface area contributed by atoms with E-state index in [1.165, 1.54) is 0 Å². The van der Waals surface area contributed by atoms with Crippen molar-refractivity contribution < 1.29 is 9.53 Å². The maximum absolute atomic E-state index is 12.2. The van der Waals surface area contributed by atoms with E-state index in [1.54, 1.807) is 0 Å². The average molecular weight is 275 g/mol. The Morgan fingerprint density at radius 1 is 1.35 bits per heavy atom. The average Bonchev–Trinajstić information content (AvgIpc) is 2.33. The van der Waals surface area contributed by atoms with Crippen LogP contribution in [0.1, 0.15) is 56.5 Å². The van der Waals surface area contributed by atoms with E-state index in [-0.39, 0.29) is 17.4 Å². The third-order valence-corrected chi connectivity index (χ3v) is 3.45. The molecule has 0 saturated heterocycles. The number of carbonyl (C=O) groups excluding carboxylic acids is 1. The fourth-order valence-corrected chi connectivity index (χ4v) is 2.71. The van der Waals surface area contributed by atoms with Crippen LogP contribution in [0.2, 0.25) is 0 Å². The van der Waals surface area contributed by atoms with Gasteiger partial charge in [-0.1, -0.05) is 27.7 Å². The molecule has 0 radical (unpaired) electrons. The molecule has 0 fully saturated rings. The van der Waals surface area contributed by atoms with Crippen LogP contribution in [-0.4, -0.2) is 18.6 Å². The van der Waals surface area contributed by atoms with Crippen LogP contribution in [0.15, 0.2) is 18.2 Å². The number of fused-ring (bicyclic) bond motifs is 1. The SMILES string of the molecule is CCCOc1ccc2c(c1)CC(CC(C)(C)C)NC2=O. The molecule has 1 aromatic rings. The minimum Gasteiger partial charge on any atom is -0.494 e. The fraction of sp³-hybridized carbons (Fsp3) is 0.588. The third kappa shape index (κ3) is 3.75. The van der Waals surface area contributed by atoms with Crippen molar-refractivity contribution in [2.75, 3.05) is 6.61 Å². The van der Waals surface area contributed by atoms with Crippen LogP contribution >= 0.6 is 0 Å². The Bertz CT molecular complexity index is 488. The predicted octanol–water partition coefficient (Wildman–Crippen LogP) is 3.57. The maximum Gasteiger partial charge on any atom is 0.251 e. The molecular weight excluding hydrogens is 250 g/mol. The summed E-state index contributed by atoms with van der Waals surface area (Å²) in [6.07, 6.45) is 2.87. The molecule has 2 rings (SSSR count). The fourth-order valence-electron chi connectivity index (χ4n) is 2.71. The van der Waals surface area contributed by atoms with Crippen LogP contribution in [0.5, 0.6) is 5.75 Å². The summed E-state index contributed by atoms with van der Waals surface area (Å²) in [6, 6.07) is 6.01. The van der Waals surface area contributed by atoms with E-state index < -0.39 is 0 Å². The lowest BCUT2D eigenvalue weighted by Crippen LogP contribution is -2.43. The van der Waals surface area contributed by atoms with Gasteiger partial charge in [0.1, 0.15) is 5.75 Å². The first kappa shape index (κ1) is 14.9. The van der Waals surface area contributed by atoms with Gasteiger partial charge in [0.2, 0.25) is 0 Å². The molecule has 20 heavy (non-hydrogen) atoms. The number of ether oxygens (including phenoxy) is 1. The zero-order chi connectivity index (χ0) is 14.8. The molecule has 0 saturated carbocycles. The molecule has 1 atom stereocenters. The number of hydrogen-bond donors (Lipinski definition) is 1. The van der Waals surface area contributed by atoms with Crippen LogP contribution in [-0.2, 0) is 6.42 Å². The number of rotatable bonds is 4. The zero-order valence-corrected chi connectivity index (χ0v) is 13.0. The molecule has 1 aromatic carbocycles. The van der Waals surface area contributed by atoms with Crippen LogP contribution < -0.4 is 10.1 Å². The Kier molecular flexibility index (Phi) is 4.36. The summed E-state index contributed by atoms with van der Waals surface area (Å²) in [5.74, 6) is 0.914. The van der Waals surface area contributed by atoms with E-state index in [2.05, 4.69) is 33.0 Å². The van der Waals surface area contributed by atoms with Crippen molar-refractivity contribution in [1.82, 2.24) is 5.32 Å². The van der Waals surface area contributed by atoms with Gasteiger partial charge in [-0.15, -0.1) is 0 Å². The van der Waals surface area contributed by atoms with Crippen LogP contribution in [0.4, 0.5) is 0 Å². The number of carbonyl (C=O) groups is 1. The van der Waals surface area contributed by atoms with E-state index in [0.717, 1.165) is 42.7 Å². The van der Waals surface area contributed by atoms with Crippen molar-refractivity contribution in [3.05, 3.63) is 29.3 Å². The minimum atomic E-state index is 0.0440. The van der Waals surface area contributed by atoms with Gasteiger partial charge in [0.25, 0.3) is 5.91 Å². The topological polar surface area (TPSA) is 38.3 Å². The highest BCUT2D eigenvalue weighted by molar-refractivity contribution is 5.97. The molecule has 0 spiro atoms. The first-order valence-electron chi connectivity index (χ1n) is 7.45. The van der Waals surface area contributed by atoms with Gasteiger partial charge in [-0.25, -0.2) is 0 Å². The van der Waals surface area contributed by atoms with E-state index in [4.69, 9.17) is 4.74 Å². The molecule has 0 aliphatic carbocycles. The molecule has 0 bridgehead atoms. The van der Waals surface area contributed by atoms with Gasteiger partial charge in [0, 0.05) is 11.6 Å². The van der Waals surface area contributed by atoms with Gasteiger partial charge in [-0.2, -0.15) is 0 Å². The van der Waals surface area contributed by atoms with Crippen molar-refractivity contribution in [3.8, 4) is 5.75 Å².